The Morgan fingerprint density at radius 3 is 2.60 bits per heavy atom. The maximum atomic E-state index is 12.6. The summed E-state index contributed by atoms with van der Waals surface area (Å²) in [5, 5.41) is 4.36. The van der Waals surface area contributed by atoms with E-state index in [9.17, 15) is 4.79 Å². The molecule has 0 radical (unpaired) electrons. The molecule has 2 heterocycles. The van der Waals surface area contributed by atoms with E-state index in [-0.39, 0.29) is 23.1 Å². The predicted octanol–water partition coefficient (Wildman–Crippen LogP) is 2.33. The first kappa shape index (κ1) is 21.6. The second-order valence-electron chi connectivity index (χ2n) is 8.56. The van der Waals surface area contributed by atoms with Gasteiger partial charge in [-0.15, -0.1) is 0 Å². The highest BCUT2D eigenvalue weighted by Gasteiger charge is 2.17. The van der Waals surface area contributed by atoms with Crippen LogP contribution in [-0.4, -0.2) is 33.6 Å². The Morgan fingerprint density at radius 1 is 1.27 bits per heavy atom. The van der Waals surface area contributed by atoms with Gasteiger partial charge in [-0.1, -0.05) is 32.9 Å². The molecule has 160 valence electrons. The van der Waals surface area contributed by atoms with Crippen molar-refractivity contribution in [2.45, 2.75) is 45.6 Å². The molecule has 0 bridgehead atoms. The summed E-state index contributed by atoms with van der Waals surface area (Å²) in [5.41, 5.74) is 13.9. The first-order chi connectivity index (χ1) is 14.1. The van der Waals surface area contributed by atoms with Crippen molar-refractivity contribution >= 4 is 17.0 Å². The molecule has 6 N–H and O–H groups in total. The van der Waals surface area contributed by atoms with E-state index in [1.165, 1.54) is 0 Å². The minimum atomic E-state index is -0.302. The Labute approximate surface area is 176 Å². The molecule has 0 spiro atoms. The zero-order chi connectivity index (χ0) is 21.9. The van der Waals surface area contributed by atoms with Gasteiger partial charge in [-0.2, -0.15) is 4.98 Å². The number of fused-ring (bicyclic) bond motifs is 1. The third-order valence-electron chi connectivity index (χ3n) is 5.07. The second kappa shape index (κ2) is 8.71. The molecule has 0 aliphatic rings. The lowest BCUT2D eigenvalue weighted by Crippen LogP contribution is -2.24. The second-order valence-corrected chi connectivity index (χ2v) is 8.56. The number of hydrogen-bond donors (Lipinski definition) is 4. The van der Waals surface area contributed by atoms with Crippen molar-refractivity contribution in [1.82, 2.24) is 19.9 Å². The van der Waals surface area contributed by atoms with Crippen LogP contribution in [0, 0.1) is 0 Å². The molecule has 3 rings (SSSR count). The normalized spacial score (nSPS) is 12.8. The topological polar surface area (TPSA) is 127 Å². The number of nitrogens with one attached hydrogen (secondary N) is 2. The molecule has 1 aromatic carbocycles. The van der Waals surface area contributed by atoms with Crippen LogP contribution in [0.15, 0.2) is 46.3 Å². The Kier molecular flexibility index (Phi) is 6.26. The minimum Gasteiger partial charge on any atom is -0.370 e. The predicted molar refractivity (Wildman–Crippen MR) is 122 cm³/mol. The van der Waals surface area contributed by atoms with Gasteiger partial charge in [-0.3, -0.25) is 9.56 Å². The zero-order valence-electron chi connectivity index (χ0n) is 18.1. The van der Waals surface area contributed by atoms with Crippen LogP contribution >= 0.6 is 0 Å². The van der Waals surface area contributed by atoms with E-state index in [1.54, 1.807) is 4.57 Å². The van der Waals surface area contributed by atoms with Gasteiger partial charge in [0.1, 0.15) is 5.65 Å². The van der Waals surface area contributed by atoms with Gasteiger partial charge in [0.05, 0.1) is 5.69 Å². The molecule has 3 aromatic rings. The van der Waals surface area contributed by atoms with Crippen molar-refractivity contribution in [2.75, 3.05) is 13.1 Å². The maximum absolute atomic E-state index is 12.6. The van der Waals surface area contributed by atoms with Gasteiger partial charge < -0.3 is 21.8 Å². The Bertz CT molecular complexity index is 1080. The highest BCUT2D eigenvalue weighted by Crippen LogP contribution is 2.24. The van der Waals surface area contributed by atoms with Crippen LogP contribution in [0.4, 0.5) is 0 Å². The summed E-state index contributed by atoms with van der Waals surface area (Å²) in [5.74, 6) is 0.121. The number of aromatic amines is 1. The molecule has 8 nitrogen and oxygen atoms in total. The maximum Gasteiger partial charge on any atom is 0.354 e. The van der Waals surface area contributed by atoms with Crippen LogP contribution in [-0.2, 0) is 5.41 Å². The third kappa shape index (κ3) is 5.07. The molecule has 0 saturated carbocycles. The van der Waals surface area contributed by atoms with Crippen molar-refractivity contribution in [3.8, 4) is 5.69 Å². The minimum absolute atomic E-state index is 0.0390. The van der Waals surface area contributed by atoms with Crippen molar-refractivity contribution in [2.24, 2.45) is 16.5 Å². The van der Waals surface area contributed by atoms with E-state index in [1.807, 2.05) is 30.5 Å². The highest BCUT2D eigenvalue weighted by molar-refractivity contribution is 5.76. The van der Waals surface area contributed by atoms with E-state index in [0.29, 0.717) is 12.2 Å². The lowest BCUT2D eigenvalue weighted by Gasteiger charge is -2.15. The van der Waals surface area contributed by atoms with E-state index in [2.05, 4.69) is 54.0 Å². The number of aromatic nitrogens is 3. The number of nitrogens with zero attached hydrogens (tertiary/aromatic N) is 3. The van der Waals surface area contributed by atoms with Gasteiger partial charge in [0.15, 0.2) is 5.96 Å². The monoisotopic (exact) mass is 409 g/mol. The fourth-order valence-electron chi connectivity index (χ4n) is 3.23. The van der Waals surface area contributed by atoms with Crippen LogP contribution in [0.1, 0.15) is 51.4 Å². The van der Waals surface area contributed by atoms with E-state index >= 15 is 0 Å². The highest BCUT2D eigenvalue weighted by atomic mass is 16.1. The Hall–Kier alpha value is -3.13. The molecule has 0 aliphatic carbocycles. The number of guanidine groups is 1. The first-order valence-corrected chi connectivity index (χ1v) is 10.2. The number of nitrogens with two attached hydrogens (primary N) is 2. The molecular weight excluding hydrogens is 378 g/mol. The third-order valence-corrected chi connectivity index (χ3v) is 5.07. The lowest BCUT2D eigenvalue weighted by molar-refractivity contribution is 0.562. The number of aliphatic imine (C=N–C) groups is 1. The molecular formula is C22H31N7O. The van der Waals surface area contributed by atoms with Crippen LogP contribution in [0.2, 0.25) is 0 Å². The quantitative estimate of drug-likeness (QED) is 0.271. The number of H-pyrrole nitrogens is 1. The summed E-state index contributed by atoms with van der Waals surface area (Å²) in [4.78, 5) is 24.0. The van der Waals surface area contributed by atoms with Gasteiger partial charge in [0.25, 0.3) is 0 Å². The van der Waals surface area contributed by atoms with Crippen molar-refractivity contribution in [3.63, 3.8) is 0 Å². The Morgan fingerprint density at radius 2 is 1.97 bits per heavy atom. The molecule has 30 heavy (non-hydrogen) atoms. The summed E-state index contributed by atoms with van der Waals surface area (Å²) in [6, 6.07) is 10.2. The van der Waals surface area contributed by atoms with E-state index in [0.717, 1.165) is 35.3 Å². The molecule has 0 unspecified atom stereocenters. The molecule has 0 saturated heterocycles. The van der Waals surface area contributed by atoms with Crippen molar-refractivity contribution < 1.29 is 0 Å². The van der Waals surface area contributed by atoms with Gasteiger partial charge in [-0.05, 0) is 43.7 Å². The van der Waals surface area contributed by atoms with Gasteiger partial charge in [-0.25, -0.2) is 4.79 Å². The fraction of sp³-hybridized carbons (Fsp3) is 0.409. The van der Waals surface area contributed by atoms with Crippen LogP contribution in [0.3, 0.4) is 0 Å². The van der Waals surface area contributed by atoms with Crippen LogP contribution in [0.5, 0.6) is 0 Å². The number of rotatable bonds is 7. The summed E-state index contributed by atoms with van der Waals surface area (Å²) < 4.78 is 1.58. The van der Waals surface area contributed by atoms with Gasteiger partial charge in [0, 0.05) is 35.3 Å². The summed E-state index contributed by atoms with van der Waals surface area (Å²) in [6.45, 7) is 9.89. The molecule has 0 amide bonds. The lowest BCUT2D eigenvalue weighted by atomic mass is 9.92. The molecule has 1 atom stereocenters. The zero-order valence-corrected chi connectivity index (χ0v) is 18.1. The van der Waals surface area contributed by atoms with E-state index in [4.69, 9.17) is 11.5 Å². The molecule has 0 fully saturated rings. The van der Waals surface area contributed by atoms with Crippen LogP contribution in [0.25, 0.3) is 16.7 Å². The largest absolute Gasteiger partial charge is 0.370 e. The summed E-state index contributed by atoms with van der Waals surface area (Å²) >= 11 is 0. The first-order valence-electron chi connectivity index (χ1n) is 10.2. The number of hydrogen-bond acceptors (Lipinski definition) is 4. The van der Waals surface area contributed by atoms with Crippen molar-refractivity contribution in [1.29, 1.82) is 0 Å². The van der Waals surface area contributed by atoms with Gasteiger partial charge >= 0.3 is 5.69 Å². The standard InChI is InChI=1S/C22H31N7O/c1-14(25-10-5-11-26-20(23)24)15-6-8-17(9-7-15)29-13-16-12-18(22(2,3)4)27-19(16)28-21(29)30/h6-9,12-14,25H,5,10-11H2,1-4H3,(H4,23,24,26)(H,27,28,30)/t14-/m1/s1. The van der Waals surface area contributed by atoms with E-state index < -0.39 is 0 Å². The molecule has 0 aliphatic heterocycles. The average molecular weight is 410 g/mol. The van der Waals surface area contributed by atoms with Crippen LogP contribution < -0.4 is 22.5 Å². The summed E-state index contributed by atoms with van der Waals surface area (Å²) in [6.07, 6.45) is 2.70. The number of benzene rings is 1. The molecule has 8 heteroatoms. The van der Waals surface area contributed by atoms with Gasteiger partial charge in [0.2, 0.25) is 0 Å². The average Bonchev–Trinajstić information content (AvgIpc) is 3.10. The molecule has 2 aromatic heterocycles. The summed E-state index contributed by atoms with van der Waals surface area (Å²) in [7, 11) is 0. The SMILES string of the molecule is C[C@@H](NCCCN=C(N)N)c1ccc(-n2cc3cc(C(C)(C)C)[nH]c3nc2=O)cc1. The Balaban J connectivity index is 1.74. The smallest absolute Gasteiger partial charge is 0.354 e. The fourth-order valence-corrected chi connectivity index (χ4v) is 3.23. The van der Waals surface area contributed by atoms with Crippen molar-refractivity contribution in [3.05, 3.63) is 58.3 Å².